The maximum atomic E-state index is 12.9. The van der Waals surface area contributed by atoms with Gasteiger partial charge in [-0.3, -0.25) is 14.3 Å². The Balaban J connectivity index is 2.43. The zero-order chi connectivity index (χ0) is 17.6. The van der Waals surface area contributed by atoms with Gasteiger partial charge in [-0.05, 0) is 56.5 Å². The molecule has 5 nitrogen and oxygen atoms in total. The normalized spacial score (nSPS) is 12.6. The standard InChI is InChI=1S/C19H22N4O/c1-10-6-14(13(4)20)17-15(7-10)19(24)23(5)18(22-17)16-9-21-12(3)8-11(16)2/h6-9,13H,20H2,1-5H3/t13-/m1/s1. The van der Waals surface area contributed by atoms with Crippen LogP contribution in [0, 0.1) is 20.8 Å². The van der Waals surface area contributed by atoms with Crippen LogP contribution in [0.15, 0.2) is 29.2 Å². The van der Waals surface area contributed by atoms with Gasteiger partial charge in [0.15, 0.2) is 0 Å². The molecule has 124 valence electrons. The summed E-state index contributed by atoms with van der Waals surface area (Å²) in [6, 6.07) is 5.68. The van der Waals surface area contributed by atoms with E-state index in [1.54, 1.807) is 17.8 Å². The number of rotatable bonds is 2. The van der Waals surface area contributed by atoms with Gasteiger partial charge in [-0.2, -0.15) is 0 Å². The van der Waals surface area contributed by atoms with Gasteiger partial charge in [0.1, 0.15) is 5.82 Å². The van der Waals surface area contributed by atoms with Gasteiger partial charge in [0, 0.05) is 30.5 Å². The van der Waals surface area contributed by atoms with Crippen molar-refractivity contribution in [2.24, 2.45) is 12.8 Å². The Labute approximate surface area is 141 Å². The lowest BCUT2D eigenvalue weighted by atomic mass is 10.0. The molecule has 0 saturated heterocycles. The summed E-state index contributed by atoms with van der Waals surface area (Å²) >= 11 is 0. The summed E-state index contributed by atoms with van der Waals surface area (Å²) in [5.41, 5.74) is 11.5. The molecule has 0 aliphatic carbocycles. The summed E-state index contributed by atoms with van der Waals surface area (Å²) in [4.78, 5) is 22.0. The molecule has 0 aliphatic heterocycles. The van der Waals surface area contributed by atoms with E-state index in [0.29, 0.717) is 16.7 Å². The Bertz CT molecular complexity index is 1000. The minimum absolute atomic E-state index is 0.0689. The van der Waals surface area contributed by atoms with Crippen molar-refractivity contribution in [1.82, 2.24) is 14.5 Å². The van der Waals surface area contributed by atoms with E-state index in [2.05, 4.69) is 4.98 Å². The summed E-state index contributed by atoms with van der Waals surface area (Å²) in [6.07, 6.45) is 1.78. The largest absolute Gasteiger partial charge is 0.324 e. The van der Waals surface area contributed by atoms with E-state index >= 15 is 0 Å². The molecule has 3 rings (SSSR count). The van der Waals surface area contributed by atoms with Crippen molar-refractivity contribution in [1.29, 1.82) is 0 Å². The molecule has 1 aromatic carbocycles. The third-order valence-corrected chi connectivity index (χ3v) is 4.33. The second kappa shape index (κ2) is 5.83. The van der Waals surface area contributed by atoms with Gasteiger partial charge in [-0.15, -0.1) is 0 Å². The third kappa shape index (κ3) is 2.61. The van der Waals surface area contributed by atoms with Crippen molar-refractivity contribution in [3.8, 4) is 11.4 Å². The van der Waals surface area contributed by atoms with Gasteiger partial charge in [-0.25, -0.2) is 4.98 Å². The Morgan fingerprint density at radius 3 is 2.50 bits per heavy atom. The Morgan fingerprint density at radius 2 is 1.88 bits per heavy atom. The van der Waals surface area contributed by atoms with Crippen molar-refractivity contribution < 1.29 is 0 Å². The first-order valence-electron chi connectivity index (χ1n) is 8.00. The highest BCUT2D eigenvalue weighted by Gasteiger charge is 2.16. The number of pyridine rings is 1. The van der Waals surface area contributed by atoms with Crippen LogP contribution in [-0.2, 0) is 7.05 Å². The molecule has 0 saturated carbocycles. The number of hydrogen-bond donors (Lipinski definition) is 1. The van der Waals surface area contributed by atoms with E-state index in [-0.39, 0.29) is 11.6 Å². The fourth-order valence-corrected chi connectivity index (χ4v) is 3.07. The molecule has 2 heterocycles. The molecule has 0 fully saturated rings. The first-order chi connectivity index (χ1) is 11.3. The second-order valence-corrected chi connectivity index (χ2v) is 6.48. The van der Waals surface area contributed by atoms with E-state index in [4.69, 9.17) is 10.7 Å². The van der Waals surface area contributed by atoms with Crippen molar-refractivity contribution in [2.75, 3.05) is 0 Å². The fraction of sp³-hybridized carbons (Fsp3) is 0.316. The quantitative estimate of drug-likeness (QED) is 0.787. The van der Waals surface area contributed by atoms with E-state index < -0.39 is 0 Å². The van der Waals surface area contributed by atoms with Crippen LogP contribution in [0.2, 0.25) is 0 Å². The monoisotopic (exact) mass is 322 g/mol. The van der Waals surface area contributed by atoms with Gasteiger partial charge in [0.25, 0.3) is 5.56 Å². The number of aryl methyl sites for hydroxylation is 3. The van der Waals surface area contributed by atoms with E-state index in [1.165, 1.54) is 0 Å². The fourth-order valence-electron chi connectivity index (χ4n) is 3.07. The highest BCUT2D eigenvalue weighted by Crippen LogP contribution is 2.26. The minimum atomic E-state index is -0.197. The summed E-state index contributed by atoms with van der Waals surface area (Å²) in [7, 11) is 1.75. The third-order valence-electron chi connectivity index (χ3n) is 4.33. The van der Waals surface area contributed by atoms with Crippen molar-refractivity contribution in [2.45, 2.75) is 33.7 Å². The molecule has 0 aliphatic rings. The summed E-state index contributed by atoms with van der Waals surface area (Å²) in [5.74, 6) is 0.614. The zero-order valence-electron chi connectivity index (χ0n) is 14.7. The summed E-state index contributed by atoms with van der Waals surface area (Å²) in [6.45, 7) is 7.82. The molecule has 0 radical (unpaired) electrons. The maximum absolute atomic E-state index is 12.9. The first kappa shape index (κ1) is 16.3. The number of benzene rings is 1. The van der Waals surface area contributed by atoms with Crippen LogP contribution < -0.4 is 11.3 Å². The molecule has 0 spiro atoms. The molecule has 5 heteroatoms. The topological polar surface area (TPSA) is 73.8 Å². The minimum Gasteiger partial charge on any atom is -0.324 e. The van der Waals surface area contributed by atoms with Crippen molar-refractivity contribution >= 4 is 10.9 Å². The van der Waals surface area contributed by atoms with E-state index in [0.717, 1.165) is 27.9 Å². The average Bonchev–Trinajstić information content (AvgIpc) is 2.51. The molecule has 3 aromatic rings. The average molecular weight is 322 g/mol. The molecular weight excluding hydrogens is 300 g/mol. The molecule has 2 N–H and O–H groups in total. The number of hydrogen-bond acceptors (Lipinski definition) is 4. The predicted octanol–water partition coefficient (Wildman–Crippen LogP) is 2.94. The molecule has 0 amide bonds. The predicted molar refractivity (Wildman–Crippen MR) is 97.0 cm³/mol. The smallest absolute Gasteiger partial charge is 0.261 e. The zero-order valence-corrected chi connectivity index (χ0v) is 14.7. The lowest BCUT2D eigenvalue weighted by Gasteiger charge is -2.15. The molecule has 2 aromatic heterocycles. The Hall–Kier alpha value is -2.53. The number of nitrogens with zero attached hydrogens (tertiary/aromatic N) is 3. The van der Waals surface area contributed by atoms with Gasteiger partial charge in [-0.1, -0.05) is 6.07 Å². The SMILES string of the molecule is Cc1cc([C@@H](C)N)c2nc(-c3cnc(C)cc3C)n(C)c(=O)c2c1. The lowest BCUT2D eigenvalue weighted by Crippen LogP contribution is -2.22. The molecule has 1 atom stereocenters. The van der Waals surface area contributed by atoms with Crippen LogP contribution >= 0.6 is 0 Å². The summed E-state index contributed by atoms with van der Waals surface area (Å²) < 4.78 is 1.59. The molecule has 0 bridgehead atoms. The van der Waals surface area contributed by atoms with Crippen LogP contribution in [0.1, 0.15) is 35.3 Å². The van der Waals surface area contributed by atoms with Crippen LogP contribution in [0.25, 0.3) is 22.3 Å². The van der Waals surface area contributed by atoms with Crippen LogP contribution in [-0.4, -0.2) is 14.5 Å². The van der Waals surface area contributed by atoms with E-state index in [1.807, 2.05) is 45.9 Å². The van der Waals surface area contributed by atoms with Crippen molar-refractivity contribution in [3.05, 3.63) is 57.1 Å². The number of fused-ring (bicyclic) bond motifs is 1. The van der Waals surface area contributed by atoms with Gasteiger partial charge in [0.05, 0.1) is 10.9 Å². The molecular formula is C19H22N4O. The highest BCUT2D eigenvalue weighted by atomic mass is 16.1. The highest BCUT2D eigenvalue weighted by molar-refractivity contribution is 5.84. The maximum Gasteiger partial charge on any atom is 0.261 e. The van der Waals surface area contributed by atoms with Crippen LogP contribution in [0.5, 0.6) is 0 Å². The Morgan fingerprint density at radius 1 is 1.17 bits per heavy atom. The van der Waals surface area contributed by atoms with Crippen molar-refractivity contribution in [3.63, 3.8) is 0 Å². The molecule has 24 heavy (non-hydrogen) atoms. The summed E-state index contributed by atoms with van der Waals surface area (Å²) in [5, 5.41) is 0.603. The second-order valence-electron chi connectivity index (χ2n) is 6.48. The van der Waals surface area contributed by atoms with Crippen LogP contribution in [0.4, 0.5) is 0 Å². The van der Waals surface area contributed by atoms with Gasteiger partial charge >= 0.3 is 0 Å². The van der Waals surface area contributed by atoms with Crippen LogP contribution in [0.3, 0.4) is 0 Å². The molecule has 0 unspecified atom stereocenters. The number of aromatic nitrogens is 3. The number of nitrogens with two attached hydrogens (primary N) is 1. The van der Waals surface area contributed by atoms with Gasteiger partial charge in [0.2, 0.25) is 0 Å². The Kier molecular flexibility index (Phi) is 3.97. The van der Waals surface area contributed by atoms with E-state index in [9.17, 15) is 4.79 Å². The van der Waals surface area contributed by atoms with Gasteiger partial charge < -0.3 is 5.73 Å². The first-order valence-corrected chi connectivity index (χ1v) is 8.00. The lowest BCUT2D eigenvalue weighted by molar-refractivity contribution is 0.813.